The largest absolute Gasteiger partial charge is 0.249 e. The van der Waals surface area contributed by atoms with E-state index in [4.69, 9.17) is 0 Å². The second-order valence-corrected chi connectivity index (χ2v) is 4.87. The maximum Gasteiger partial charge on any atom is 0.162 e. The second-order valence-electron chi connectivity index (χ2n) is 4.01. The lowest BCUT2D eigenvalue weighted by Crippen LogP contribution is -1.93. The molecule has 0 saturated heterocycles. The van der Waals surface area contributed by atoms with Gasteiger partial charge in [-0.3, -0.25) is 0 Å². The minimum atomic E-state index is -0.319. The molecule has 0 spiro atoms. The number of rotatable bonds is 2. The number of halogens is 1. The first kappa shape index (κ1) is 11.9. The summed E-state index contributed by atoms with van der Waals surface area (Å²) in [6.07, 6.45) is 1.64. The van der Waals surface area contributed by atoms with E-state index in [-0.39, 0.29) is 5.82 Å². The van der Waals surface area contributed by atoms with E-state index < -0.39 is 0 Å². The first-order chi connectivity index (χ1) is 9.25. The van der Waals surface area contributed by atoms with Crippen molar-refractivity contribution in [1.82, 2.24) is 15.0 Å². The molecule has 3 rings (SSSR count). The molecule has 2 aromatic heterocycles. The lowest BCUT2D eigenvalue weighted by Gasteiger charge is -2.03. The zero-order chi connectivity index (χ0) is 13.2. The van der Waals surface area contributed by atoms with Crippen molar-refractivity contribution in [2.75, 3.05) is 0 Å². The molecule has 3 aromatic rings. The summed E-state index contributed by atoms with van der Waals surface area (Å²) in [6.45, 7) is 1.93. The number of hydrogen-bond acceptors (Lipinski definition) is 4. The smallest absolute Gasteiger partial charge is 0.162 e. The summed E-state index contributed by atoms with van der Waals surface area (Å²) in [5.41, 5.74) is 3.87. The van der Waals surface area contributed by atoms with Crippen LogP contribution in [0.4, 0.5) is 4.39 Å². The van der Waals surface area contributed by atoms with Crippen LogP contribution in [-0.2, 0) is 0 Å². The SMILES string of the molecule is Cc1ncsc1-c1ccnc(-c2ccccc2F)n1. The van der Waals surface area contributed by atoms with E-state index in [1.54, 1.807) is 29.9 Å². The summed E-state index contributed by atoms with van der Waals surface area (Å²) in [6, 6.07) is 8.31. The molecule has 0 aliphatic rings. The fraction of sp³-hybridized carbons (Fsp3) is 0.0714. The van der Waals surface area contributed by atoms with Gasteiger partial charge in [0.25, 0.3) is 0 Å². The van der Waals surface area contributed by atoms with Gasteiger partial charge in [-0.15, -0.1) is 11.3 Å². The van der Waals surface area contributed by atoms with Crippen LogP contribution in [0.25, 0.3) is 22.0 Å². The summed E-state index contributed by atoms with van der Waals surface area (Å²) in [5, 5.41) is 0. The molecule has 0 radical (unpaired) electrons. The van der Waals surface area contributed by atoms with E-state index >= 15 is 0 Å². The number of hydrogen-bond donors (Lipinski definition) is 0. The van der Waals surface area contributed by atoms with Crippen molar-refractivity contribution in [1.29, 1.82) is 0 Å². The zero-order valence-electron chi connectivity index (χ0n) is 10.2. The van der Waals surface area contributed by atoms with Gasteiger partial charge in [0, 0.05) is 6.20 Å². The predicted octanol–water partition coefficient (Wildman–Crippen LogP) is 3.71. The third-order valence-electron chi connectivity index (χ3n) is 2.75. The Hall–Kier alpha value is -2.14. The van der Waals surface area contributed by atoms with Gasteiger partial charge in [-0.2, -0.15) is 0 Å². The van der Waals surface area contributed by atoms with E-state index in [1.165, 1.54) is 17.4 Å². The molecule has 0 bridgehead atoms. The van der Waals surface area contributed by atoms with Gasteiger partial charge in [0.1, 0.15) is 5.82 Å². The molecule has 3 nitrogen and oxygen atoms in total. The van der Waals surface area contributed by atoms with Crippen LogP contribution in [0, 0.1) is 12.7 Å². The topological polar surface area (TPSA) is 38.7 Å². The quantitative estimate of drug-likeness (QED) is 0.713. The number of aryl methyl sites for hydroxylation is 1. The van der Waals surface area contributed by atoms with Crippen molar-refractivity contribution in [2.45, 2.75) is 6.92 Å². The van der Waals surface area contributed by atoms with Crippen LogP contribution in [0.15, 0.2) is 42.0 Å². The van der Waals surface area contributed by atoms with Crippen molar-refractivity contribution in [2.24, 2.45) is 0 Å². The molecule has 0 atom stereocenters. The molecule has 0 aliphatic carbocycles. The fourth-order valence-electron chi connectivity index (χ4n) is 1.81. The van der Waals surface area contributed by atoms with E-state index in [0.29, 0.717) is 11.4 Å². The Morgan fingerprint density at radius 2 is 1.95 bits per heavy atom. The maximum absolute atomic E-state index is 13.7. The normalized spacial score (nSPS) is 10.6. The van der Waals surface area contributed by atoms with Gasteiger partial charge in [-0.25, -0.2) is 19.3 Å². The molecule has 0 N–H and O–H groups in total. The summed E-state index contributed by atoms with van der Waals surface area (Å²) in [4.78, 5) is 13.8. The number of benzene rings is 1. The molecule has 2 heterocycles. The van der Waals surface area contributed by atoms with Crippen LogP contribution in [0.3, 0.4) is 0 Å². The van der Waals surface area contributed by atoms with Crippen molar-refractivity contribution in [3.63, 3.8) is 0 Å². The van der Waals surface area contributed by atoms with Gasteiger partial charge >= 0.3 is 0 Å². The van der Waals surface area contributed by atoms with Crippen molar-refractivity contribution >= 4 is 11.3 Å². The Labute approximate surface area is 113 Å². The maximum atomic E-state index is 13.7. The number of nitrogens with zero attached hydrogens (tertiary/aromatic N) is 3. The van der Waals surface area contributed by atoms with Crippen molar-refractivity contribution < 1.29 is 4.39 Å². The van der Waals surface area contributed by atoms with Gasteiger partial charge in [0.2, 0.25) is 0 Å². The predicted molar refractivity (Wildman–Crippen MR) is 73.3 cm³/mol. The fourth-order valence-corrected chi connectivity index (χ4v) is 2.58. The Balaban J connectivity index is 2.11. The Bertz CT molecular complexity index is 724. The van der Waals surface area contributed by atoms with E-state index in [0.717, 1.165) is 16.3 Å². The first-order valence-electron chi connectivity index (χ1n) is 5.74. The van der Waals surface area contributed by atoms with Crippen molar-refractivity contribution in [3.05, 3.63) is 53.6 Å². The Kier molecular flexibility index (Phi) is 3.05. The molecule has 94 valence electrons. The minimum absolute atomic E-state index is 0.319. The third kappa shape index (κ3) is 2.24. The number of thiazole rings is 1. The molecule has 0 fully saturated rings. The number of aromatic nitrogens is 3. The van der Waals surface area contributed by atoms with Crippen LogP contribution in [-0.4, -0.2) is 15.0 Å². The zero-order valence-corrected chi connectivity index (χ0v) is 11.0. The molecule has 0 saturated carbocycles. The van der Waals surface area contributed by atoms with Crippen molar-refractivity contribution in [3.8, 4) is 22.0 Å². The minimum Gasteiger partial charge on any atom is -0.249 e. The third-order valence-corrected chi connectivity index (χ3v) is 3.70. The van der Waals surface area contributed by atoms with Crippen LogP contribution >= 0.6 is 11.3 Å². The molecule has 0 amide bonds. The molecular weight excluding hydrogens is 261 g/mol. The molecule has 19 heavy (non-hydrogen) atoms. The van der Waals surface area contributed by atoms with Gasteiger partial charge in [-0.1, -0.05) is 12.1 Å². The highest BCUT2D eigenvalue weighted by Crippen LogP contribution is 2.27. The lowest BCUT2D eigenvalue weighted by molar-refractivity contribution is 0.630. The van der Waals surface area contributed by atoms with Crippen LogP contribution in [0.2, 0.25) is 0 Å². The Morgan fingerprint density at radius 1 is 1.11 bits per heavy atom. The van der Waals surface area contributed by atoms with Gasteiger partial charge in [0.05, 0.1) is 27.3 Å². The molecule has 5 heteroatoms. The van der Waals surface area contributed by atoms with E-state index in [2.05, 4.69) is 15.0 Å². The monoisotopic (exact) mass is 271 g/mol. The highest BCUT2D eigenvalue weighted by molar-refractivity contribution is 7.13. The molecule has 1 aromatic carbocycles. The van der Waals surface area contributed by atoms with Crippen LogP contribution in [0.5, 0.6) is 0 Å². The molecule has 0 unspecified atom stereocenters. The Morgan fingerprint density at radius 3 is 2.68 bits per heavy atom. The molecular formula is C14H10FN3S. The second kappa shape index (κ2) is 4.85. The van der Waals surface area contributed by atoms with Gasteiger partial charge in [-0.05, 0) is 25.1 Å². The van der Waals surface area contributed by atoms with Crippen LogP contribution < -0.4 is 0 Å². The average Bonchev–Trinajstić information content (AvgIpc) is 2.86. The summed E-state index contributed by atoms with van der Waals surface area (Å²) in [5.74, 6) is 0.0732. The van der Waals surface area contributed by atoms with E-state index in [9.17, 15) is 4.39 Å². The van der Waals surface area contributed by atoms with E-state index in [1.807, 2.05) is 13.0 Å². The standard InChI is InChI=1S/C14H10FN3S/c1-9-13(19-8-17-9)12-6-7-16-14(18-12)10-4-2-3-5-11(10)15/h2-8H,1H3. The molecule has 0 aliphatic heterocycles. The average molecular weight is 271 g/mol. The first-order valence-corrected chi connectivity index (χ1v) is 6.62. The summed E-state index contributed by atoms with van der Waals surface area (Å²) < 4.78 is 13.7. The van der Waals surface area contributed by atoms with Crippen LogP contribution in [0.1, 0.15) is 5.69 Å². The highest BCUT2D eigenvalue weighted by atomic mass is 32.1. The van der Waals surface area contributed by atoms with Gasteiger partial charge in [0.15, 0.2) is 5.82 Å². The summed E-state index contributed by atoms with van der Waals surface area (Å²) in [7, 11) is 0. The highest BCUT2D eigenvalue weighted by Gasteiger charge is 2.11. The summed E-state index contributed by atoms with van der Waals surface area (Å²) >= 11 is 1.52. The lowest BCUT2D eigenvalue weighted by atomic mass is 10.2. The van der Waals surface area contributed by atoms with Gasteiger partial charge < -0.3 is 0 Å².